The van der Waals surface area contributed by atoms with Crippen LogP contribution in [0, 0.1) is 0 Å². The van der Waals surface area contributed by atoms with Gasteiger partial charge in [-0.3, -0.25) is 0 Å². The molecule has 0 bridgehead atoms. The molecule has 0 radical (unpaired) electrons. The number of fused-ring (bicyclic) bond motifs is 1. The number of benzene rings is 6. The fraction of sp³-hybridized carbons (Fsp3) is 0.357. The molecule has 0 spiro atoms. The molecule has 3 unspecified atom stereocenters. The van der Waals surface area contributed by atoms with Gasteiger partial charge in [-0.2, -0.15) is 0 Å². The van der Waals surface area contributed by atoms with Gasteiger partial charge in [0.25, 0.3) is 0 Å². The van der Waals surface area contributed by atoms with Crippen LogP contribution >= 0.6 is 15.9 Å². The summed E-state index contributed by atoms with van der Waals surface area (Å²) >= 11 is -0.412. The Morgan fingerprint density at radius 2 is 0.778 bits per heavy atom. The first-order valence-corrected chi connectivity index (χ1v) is 35.0. The molecular weight excluding hydrogens is 873 g/mol. The molecule has 1 aliphatic carbocycles. The van der Waals surface area contributed by atoms with E-state index < -0.39 is 31.6 Å². The van der Waals surface area contributed by atoms with Gasteiger partial charge in [0.2, 0.25) is 0 Å². The third-order valence-electron chi connectivity index (χ3n) is 14.3. The van der Waals surface area contributed by atoms with Crippen LogP contribution in [0.1, 0.15) is 102 Å². The van der Waals surface area contributed by atoms with Gasteiger partial charge < -0.3 is 0 Å². The van der Waals surface area contributed by atoms with Crippen LogP contribution in [0.25, 0.3) is 0 Å². The zero-order chi connectivity index (χ0) is 44.6. The maximum absolute atomic E-state index is 12.9. The number of phenolic OH excluding ortho intramolecular Hbond substituents is 2. The molecule has 328 valence electrons. The minimum atomic E-state index is -2.59. The predicted molar refractivity (Wildman–Crippen MR) is 278 cm³/mol. The number of aromatic hydroxyl groups is 2. The van der Waals surface area contributed by atoms with Crippen molar-refractivity contribution in [3.8, 4) is 11.5 Å². The van der Waals surface area contributed by atoms with E-state index in [0.717, 1.165) is 21.9 Å². The van der Waals surface area contributed by atoms with Crippen LogP contribution in [0.15, 0.2) is 146 Å². The number of hydrogen-bond donors (Lipinski definition) is 2. The minimum absolute atomic E-state index is 0.0629. The molecule has 0 amide bonds. The van der Waals surface area contributed by atoms with Crippen molar-refractivity contribution in [1.29, 1.82) is 0 Å². The van der Waals surface area contributed by atoms with Crippen molar-refractivity contribution in [3.05, 3.63) is 168 Å². The van der Waals surface area contributed by atoms with Crippen LogP contribution in [0.5, 0.6) is 11.5 Å². The summed E-state index contributed by atoms with van der Waals surface area (Å²) in [6, 6.07) is 53.7. The molecular formula is C56H68O2S2Si2Ti. The van der Waals surface area contributed by atoms with E-state index in [0.29, 0.717) is 22.0 Å². The van der Waals surface area contributed by atoms with Crippen molar-refractivity contribution in [2.75, 3.05) is 0 Å². The van der Waals surface area contributed by atoms with E-state index in [2.05, 4.69) is 200 Å². The normalized spacial score (nSPS) is 19.6. The zero-order valence-corrected chi connectivity index (χ0v) is 44.1. The molecule has 6 aromatic carbocycles. The Kier molecular flexibility index (Phi) is 13.9. The number of phenols is 2. The SMILES string of the molecule is CC(C)(C)c1cc(C[S]2=[Ti]=[S](Cc3cc(C(C)(C)C)cc([Si](C)(c4ccccc4)c4ccccc4)c3O)[C@H]3CCCCCCC32)c(O)c([Si](C)(c2ccccc2)c2ccccc2)c1. The van der Waals surface area contributed by atoms with Gasteiger partial charge in [-0.15, -0.1) is 0 Å². The molecule has 1 fully saturated rings. The van der Waals surface area contributed by atoms with Crippen molar-refractivity contribution >= 4 is 63.2 Å². The third-order valence-corrected chi connectivity index (χ3v) is 39.1. The van der Waals surface area contributed by atoms with E-state index in [9.17, 15) is 10.2 Å². The Morgan fingerprint density at radius 1 is 0.476 bits per heavy atom. The average Bonchev–Trinajstić information content (AvgIpc) is 3.57. The second-order valence-electron chi connectivity index (χ2n) is 20.6. The Balaban J connectivity index is 1.29. The van der Waals surface area contributed by atoms with E-state index in [4.69, 9.17) is 0 Å². The van der Waals surface area contributed by atoms with E-state index in [1.165, 1.54) is 81.5 Å². The summed E-state index contributed by atoms with van der Waals surface area (Å²) in [7, 11) is -4.74. The molecule has 2 aliphatic rings. The fourth-order valence-corrected chi connectivity index (χ4v) is 38.5. The molecule has 6 aromatic rings. The van der Waals surface area contributed by atoms with Crippen molar-refractivity contribution in [1.82, 2.24) is 0 Å². The molecule has 1 aliphatic heterocycles. The van der Waals surface area contributed by atoms with Gasteiger partial charge in [0.1, 0.15) is 0 Å². The molecule has 1 saturated carbocycles. The van der Waals surface area contributed by atoms with Crippen molar-refractivity contribution in [2.24, 2.45) is 0 Å². The van der Waals surface area contributed by atoms with Gasteiger partial charge >= 0.3 is 394 Å². The maximum atomic E-state index is 12.9. The quantitative estimate of drug-likeness (QED) is 0.106. The Morgan fingerprint density at radius 3 is 1.06 bits per heavy atom. The molecule has 7 heteroatoms. The van der Waals surface area contributed by atoms with Crippen LogP contribution in [-0.4, -0.2) is 36.9 Å². The summed E-state index contributed by atoms with van der Waals surface area (Å²) < 4.78 is 0. The number of rotatable bonds is 10. The van der Waals surface area contributed by atoms with Gasteiger partial charge in [0.05, 0.1) is 0 Å². The van der Waals surface area contributed by atoms with Crippen molar-refractivity contribution in [2.45, 2.75) is 126 Å². The van der Waals surface area contributed by atoms with E-state index in [-0.39, 0.29) is 26.8 Å². The molecule has 2 N–H and O–H groups in total. The standard InChI is InChI=1S/C56H68O2S2Si2.Ti/c1-55(2,3)43-35-41(53(57)51(37-43)61(7,45-25-15-11-16-26-45)46-27-17-12-18-28-46)39-59-49-33-23-9-10-24-34-50(49)60-40-42-36-44(56(4,5)6)38-52(54(42)58)62(8,47-29-19-13-20-30-47)48-31-21-14-22-32-48;/h11-22,25-32,35-38,49-50,57-58H,9-10,23-24,33-34,39-40H2,1-8H3;/t49-,50?;/m0./s1. The van der Waals surface area contributed by atoms with Gasteiger partial charge in [0, 0.05) is 0 Å². The van der Waals surface area contributed by atoms with Gasteiger partial charge in [-0.05, 0) is 0 Å². The molecule has 63 heavy (non-hydrogen) atoms. The summed E-state index contributed by atoms with van der Waals surface area (Å²) in [6.07, 6.45) is 7.91. The van der Waals surface area contributed by atoms with E-state index in [1.807, 2.05) is 0 Å². The summed E-state index contributed by atoms with van der Waals surface area (Å²) in [5, 5.41) is 34.7. The molecule has 2 nitrogen and oxygen atoms in total. The summed E-state index contributed by atoms with van der Waals surface area (Å²) in [6.45, 7) is 18.9. The van der Waals surface area contributed by atoms with Gasteiger partial charge in [-0.25, -0.2) is 0 Å². The molecule has 1 heterocycles. The van der Waals surface area contributed by atoms with Gasteiger partial charge in [-0.1, -0.05) is 0 Å². The van der Waals surface area contributed by atoms with Crippen molar-refractivity contribution in [3.63, 3.8) is 0 Å². The summed E-state index contributed by atoms with van der Waals surface area (Å²) in [5.41, 5.74) is 4.88. The average molecular weight is 941 g/mol. The topological polar surface area (TPSA) is 40.5 Å². The molecule has 0 aromatic heterocycles. The monoisotopic (exact) mass is 940 g/mol. The molecule has 8 rings (SSSR count). The summed E-state index contributed by atoms with van der Waals surface area (Å²) in [4.78, 5) is 0. The second-order valence-corrected chi connectivity index (χ2v) is 39.9. The van der Waals surface area contributed by atoms with Crippen LogP contribution in [0.3, 0.4) is 0 Å². The van der Waals surface area contributed by atoms with E-state index in [1.54, 1.807) is 0 Å². The predicted octanol–water partition coefficient (Wildman–Crippen LogP) is 11.1. The van der Waals surface area contributed by atoms with Crippen LogP contribution < -0.4 is 31.1 Å². The van der Waals surface area contributed by atoms with E-state index >= 15 is 0 Å². The molecule has 0 saturated heterocycles. The first-order chi connectivity index (χ1) is 30.1. The first-order valence-electron chi connectivity index (χ1n) is 23.2. The van der Waals surface area contributed by atoms with Gasteiger partial charge in [0.15, 0.2) is 0 Å². The van der Waals surface area contributed by atoms with Crippen LogP contribution in [-0.2, 0) is 37.8 Å². The summed E-state index contributed by atoms with van der Waals surface area (Å²) in [5.74, 6) is 3.05. The second kappa shape index (κ2) is 18.9. The van der Waals surface area contributed by atoms with Crippen LogP contribution in [0.2, 0.25) is 13.1 Å². The fourth-order valence-electron chi connectivity index (χ4n) is 10.2. The first kappa shape index (κ1) is 46.3. The zero-order valence-electron chi connectivity index (χ0n) is 38.9. The Hall–Kier alpha value is -3.23. The third kappa shape index (κ3) is 9.42. The number of hydrogen-bond acceptors (Lipinski definition) is 2. The Bertz CT molecular complexity index is 2370. The van der Waals surface area contributed by atoms with Crippen molar-refractivity contribution < 1.29 is 25.7 Å². The van der Waals surface area contributed by atoms with Crippen LogP contribution in [0.4, 0.5) is 0 Å². The molecule has 4 atom stereocenters. The Labute approximate surface area is 391 Å².